The van der Waals surface area contributed by atoms with Crippen molar-refractivity contribution in [1.29, 1.82) is 0 Å². The number of aliphatic imine (C=N–C) groups is 1. The smallest absolute Gasteiger partial charge is 0.0634 e. The third-order valence-corrected chi connectivity index (χ3v) is 5.56. The van der Waals surface area contributed by atoms with Crippen LogP contribution in [0.25, 0.3) is 6.08 Å². The Hall–Kier alpha value is -2.61. The Bertz CT molecular complexity index is 838. The molecule has 0 N–H and O–H groups in total. The SMILES string of the molecule is C=CC(CC(C)(C)CC/C(C)=C/c1ccccc1)=Nc1ccc(N(CC)CC)cc1. The number of hydrogen-bond acceptors (Lipinski definition) is 2. The van der Waals surface area contributed by atoms with E-state index in [1.165, 1.54) is 16.8 Å². The van der Waals surface area contributed by atoms with Gasteiger partial charge in [0, 0.05) is 24.5 Å². The molecule has 0 aliphatic rings. The molecule has 0 fully saturated rings. The molecule has 0 bridgehead atoms. The second-order valence-corrected chi connectivity index (χ2v) is 8.74. The van der Waals surface area contributed by atoms with E-state index in [0.29, 0.717) is 0 Å². The van der Waals surface area contributed by atoms with Crippen LogP contribution >= 0.6 is 0 Å². The highest BCUT2D eigenvalue weighted by atomic mass is 15.1. The predicted molar refractivity (Wildman–Crippen MR) is 135 cm³/mol. The second kappa shape index (κ2) is 11.5. The monoisotopic (exact) mass is 402 g/mol. The van der Waals surface area contributed by atoms with Crippen molar-refractivity contribution in [1.82, 2.24) is 0 Å². The number of benzene rings is 2. The van der Waals surface area contributed by atoms with Crippen LogP contribution in [0.15, 0.2) is 77.8 Å². The molecule has 160 valence electrons. The molecule has 0 aliphatic carbocycles. The van der Waals surface area contributed by atoms with Gasteiger partial charge in [-0.15, -0.1) is 0 Å². The summed E-state index contributed by atoms with van der Waals surface area (Å²) in [6.45, 7) is 17.3. The Kier molecular flexibility index (Phi) is 9.11. The van der Waals surface area contributed by atoms with E-state index in [2.05, 4.69) is 107 Å². The lowest BCUT2D eigenvalue weighted by Gasteiger charge is -2.25. The van der Waals surface area contributed by atoms with Crippen molar-refractivity contribution in [2.75, 3.05) is 18.0 Å². The quantitative estimate of drug-likeness (QED) is 0.347. The molecule has 2 heteroatoms. The van der Waals surface area contributed by atoms with E-state index in [1.54, 1.807) is 0 Å². The van der Waals surface area contributed by atoms with Gasteiger partial charge < -0.3 is 4.90 Å². The molecular weight excluding hydrogens is 364 g/mol. The number of allylic oxidation sites excluding steroid dienone is 2. The largest absolute Gasteiger partial charge is 0.372 e. The van der Waals surface area contributed by atoms with Gasteiger partial charge in [0.1, 0.15) is 0 Å². The Morgan fingerprint density at radius 2 is 1.63 bits per heavy atom. The summed E-state index contributed by atoms with van der Waals surface area (Å²) in [4.78, 5) is 7.22. The third-order valence-electron chi connectivity index (χ3n) is 5.56. The van der Waals surface area contributed by atoms with Gasteiger partial charge in [-0.2, -0.15) is 0 Å². The highest BCUT2D eigenvalue weighted by Gasteiger charge is 2.19. The van der Waals surface area contributed by atoms with Gasteiger partial charge in [-0.1, -0.05) is 62.4 Å². The van der Waals surface area contributed by atoms with Crippen molar-refractivity contribution in [2.24, 2.45) is 10.4 Å². The molecule has 0 saturated heterocycles. The topological polar surface area (TPSA) is 15.6 Å². The Morgan fingerprint density at radius 1 is 1.00 bits per heavy atom. The van der Waals surface area contributed by atoms with Gasteiger partial charge in [-0.05, 0) is 81.4 Å². The molecule has 30 heavy (non-hydrogen) atoms. The summed E-state index contributed by atoms with van der Waals surface area (Å²) in [5, 5.41) is 0. The molecule has 0 aromatic heterocycles. The minimum atomic E-state index is 0.167. The minimum absolute atomic E-state index is 0.167. The molecule has 0 atom stereocenters. The highest BCUT2D eigenvalue weighted by Crippen LogP contribution is 2.31. The van der Waals surface area contributed by atoms with Crippen LogP contribution < -0.4 is 4.90 Å². The fourth-order valence-electron chi connectivity index (χ4n) is 3.67. The van der Waals surface area contributed by atoms with Crippen molar-refractivity contribution in [3.05, 3.63) is 78.4 Å². The molecule has 2 nitrogen and oxygen atoms in total. The highest BCUT2D eigenvalue weighted by molar-refractivity contribution is 5.96. The van der Waals surface area contributed by atoms with Crippen LogP contribution in [-0.4, -0.2) is 18.8 Å². The summed E-state index contributed by atoms with van der Waals surface area (Å²) in [5.74, 6) is 0. The summed E-state index contributed by atoms with van der Waals surface area (Å²) in [6, 6.07) is 19.1. The van der Waals surface area contributed by atoms with E-state index in [9.17, 15) is 0 Å². The molecule has 2 rings (SSSR count). The molecule has 0 heterocycles. The molecule has 2 aromatic rings. The van der Waals surface area contributed by atoms with E-state index in [1.807, 2.05) is 6.08 Å². The zero-order chi connectivity index (χ0) is 22.0. The van der Waals surface area contributed by atoms with Crippen molar-refractivity contribution in [3.8, 4) is 0 Å². The van der Waals surface area contributed by atoms with Crippen LogP contribution in [0.4, 0.5) is 11.4 Å². The van der Waals surface area contributed by atoms with Crippen LogP contribution in [0.1, 0.15) is 59.4 Å². The van der Waals surface area contributed by atoms with Crippen LogP contribution in [0.5, 0.6) is 0 Å². The lowest BCUT2D eigenvalue weighted by atomic mass is 9.81. The maximum atomic E-state index is 4.87. The van der Waals surface area contributed by atoms with Crippen LogP contribution in [-0.2, 0) is 0 Å². The average molecular weight is 403 g/mol. The van der Waals surface area contributed by atoms with Crippen molar-refractivity contribution in [3.63, 3.8) is 0 Å². The van der Waals surface area contributed by atoms with Gasteiger partial charge in [-0.25, -0.2) is 0 Å². The van der Waals surface area contributed by atoms with E-state index in [4.69, 9.17) is 4.99 Å². The molecule has 0 unspecified atom stereocenters. The molecule has 0 aliphatic heterocycles. The fourth-order valence-corrected chi connectivity index (χ4v) is 3.67. The van der Waals surface area contributed by atoms with E-state index in [-0.39, 0.29) is 5.41 Å². The van der Waals surface area contributed by atoms with Gasteiger partial charge in [-0.3, -0.25) is 4.99 Å². The van der Waals surface area contributed by atoms with Gasteiger partial charge in [0.15, 0.2) is 0 Å². The summed E-state index contributed by atoms with van der Waals surface area (Å²) in [5.41, 5.74) is 6.16. The first-order valence-electron chi connectivity index (χ1n) is 11.1. The zero-order valence-electron chi connectivity index (χ0n) is 19.5. The van der Waals surface area contributed by atoms with Crippen LogP contribution in [0.3, 0.4) is 0 Å². The molecule has 0 spiro atoms. The van der Waals surface area contributed by atoms with Gasteiger partial charge in [0.05, 0.1) is 5.69 Å². The number of rotatable bonds is 11. The first-order valence-corrected chi connectivity index (χ1v) is 11.1. The Morgan fingerprint density at radius 3 is 2.20 bits per heavy atom. The van der Waals surface area contributed by atoms with Crippen molar-refractivity contribution < 1.29 is 0 Å². The second-order valence-electron chi connectivity index (χ2n) is 8.74. The van der Waals surface area contributed by atoms with Gasteiger partial charge in [0.25, 0.3) is 0 Å². The fraction of sp³-hybridized carbons (Fsp3) is 0.393. The predicted octanol–water partition coefficient (Wildman–Crippen LogP) is 8.09. The number of nitrogens with zero attached hydrogens (tertiary/aromatic N) is 2. The van der Waals surface area contributed by atoms with E-state index < -0.39 is 0 Å². The van der Waals surface area contributed by atoms with Crippen molar-refractivity contribution in [2.45, 2.75) is 53.9 Å². The third kappa shape index (κ3) is 7.67. The lowest BCUT2D eigenvalue weighted by molar-refractivity contribution is 0.351. The summed E-state index contributed by atoms with van der Waals surface area (Å²) in [7, 11) is 0. The summed E-state index contributed by atoms with van der Waals surface area (Å²) in [6.07, 6.45) is 7.33. The minimum Gasteiger partial charge on any atom is -0.372 e. The van der Waals surface area contributed by atoms with Gasteiger partial charge >= 0.3 is 0 Å². The maximum absolute atomic E-state index is 4.87. The molecule has 0 amide bonds. The summed E-state index contributed by atoms with van der Waals surface area (Å²) < 4.78 is 0. The Labute approximate surface area is 184 Å². The number of anilines is 1. The first-order chi connectivity index (χ1) is 14.4. The maximum Gasteiger partial charge on any atom is 0.0634 e. The first kappa shape index (κ1) is 23.7. The standard InChI is InChI=1S/C28H38N2/c1-7-25(29-26-15-17-27(18-16-26)30(8-2)9-3)22-28(5,6)20-19-23(4)21-24-13-11-10-12-14-24/h7,10-18,21H,1,8-9,19-20,22H2,2-6H3/b23-21+,29-25?. The summed E-state index contributed by atoms with van der Waals surface area (Å²) >= 11 is 0. The zero-order valence-corrected chi connectivity index (χ0v) is 19.5. The average Bonchev–Trinajstić information content (AvgIpc) is 2.74. The number of hydrogen-bond donors (Lipinski definition) is 0. The van der Waals surface area contributed by atoms with E-state index >= 15 is 0 Å². The molecular formula is C28H38N2. The van der Waals surface area contributed by atoms with Crippen molar-refractivity contribution >= 4 is 23.2 Å². The normalized spacial score (nSPS) is 12.7. The van der Waals surface area contributed by atoms with E-state index in [0.717, 1.165) is 43.8 Å². The lowest BCUT2D eigenvalue weighted by Crippen LogP contribution is -2.21. The van der Waals surface area contributed by atoms with Crippen LogP contribution in [0.2, 0.25) is 0 Å². The molecule has 0 saturated carbocycles. The molecule has 0 radical (unpaired) electrons. The Balaban J connectivity index is 2.00. The van der Waals surface area contributed by atoms with Gasteiger partial charge in [0.2, 0.25) is 0 Å². The van der Waals surface area contributed by atoms with Crippen LogP contribution in [0, 0.1) is 5.41 Å². The molecule has 2 aromatic carbocycles.